The minimum absolute atomic E-state index is 1.16. The van der Waals surface area contributed by atoms with Crippen LogP contribution in [0.1, 0.15) is 0 Å². The lowest BCUT2D eigenvalue weighted by atomic mass is 9.97. The van der Waals surface area contributed by atoms with Gasteiger partial charge < -0.3 is 9.13 Å². The molecule has 67 heavy (non-hydrogen) atoms. The molecule has 0 N–H and O–H groups in total. The van der Waals surface area contributed by atoms with Gasteiger partial charge in [0.25, 0.3) is 0 Å². The van der Waals surface area contributed by atoms with Crippen LogP contribution in [0.4, 0.5) is 0 Å². The van der Waals surface area contributed by atoms with E-state index >= 15 is 0 Å². The zero-order valence-corrected chi connectivity index (χ0v) is 37.8. The lowest BCUT2D eigenvalue weighted by Gasteiger charge is -2.35. The second-order valence-electron chi connectivity index (χ2n) is 17.7. The Morgan fingerprint density at radius 3 is 1.16 bits per heavy atom. The summed E-state index contributed by atoms with van der Waals surface area (Å²) >= 11 is 0. The standard InChI is InChI=1S/C64H44N2Si/c1-5-21-51(22-6-1)65-61-31-17-15-29-57(61)59-43-47(34-37-63(59)65)49-39-50(42-56(41-49)67(53-23-7-2-8-24-53,54-25-9-3-10-26-54)55-27-11-4-12-28-55)48-35-38-64-60(44-48)58-30-16-18-32-62(58)66(64)52-36-33-45-19-13-14-20-46(45)40-52/h1-44H. The number of rotatable bonds is 8. The van der Waals surface area contributed by atoms with Crippen molar-refractivity contribution in [1.29, 1.82) is 0 Å². The summed E-state index contributed by atoms with van der Waals surface area (Å²) in [4.78, 5) is 0. The van der Waals surface area contributed by atoms with E-state index in [0.29, 0.717) is 0 Å². The van der Waals surface area contributed by atoms with Crippen LogP contribution in [0.3, 0.4) is 0 Å². The summed E-state index contributed by atoms with van der Waals surface area (Å²) in [5.41, 5.74) is 11.9. The molecule has 0 aliphatic rings. The van der Waals surface area contributed by atoms with Crippen LogP contribution in [0.25, 0.3) is 88.0 Å². The third kappa shape index (κ3) is 6.31. The summed E-state index contributed by atoms with van der Waals surface area (Å²) in [7, 11) is -2.93. The fourth-order valence-corrected chi connectivity index (χ4v) is 15.8. The van der Waals surface area contributed by atoms with Crippen LogP contribution < -0.4 is 20.7 Å². The summed E-state index contributed by atoms with van der Waals surface area (Å²) < 4.78 is 4.83. The molecule has 0 saturated carbocycles. The Labute approximate surface area is 390 Å². The van der Waals surface area contributed by atoms with Gasteiger partial charge in [-0.1, -0.05) is 200 Å². The zero-order valence-electron chi connectivity index (χ0n) is 36.8. The van der Waals surface area contributed by atoms with E-state index in [4.69, 9.17) is 0 Å². The van der Waals surface area contributed by atoms with Crippen molar-refractivity contribution in [3.05, 3.63) is 267 Å². The van der Waals surface area contributed by atoms with E-state index in [1.165, 1.54) is 97.4 Å². The van der Waals surface area contributed by atoms with E-state index in [9.17, 15) is 0 Å². The van der Waals surface area contributed by atoms with Crippen LogP contribution in [-0.2, 0) is 0 Å². The number of aromatic nitrogens is 2. The van der Waals surface area contributed by atoms with Gasteiger partial charge >= 0.3 is 0 Å². The lowest BCUT2D eigenvalue weighted by molar-refractivity contribution is 1.18. The van der Waals surface area contributed by atoms with Crippen molar-refractivity contribution < 1.29 is 0 Å². The molecule has 2 nitrogen and oxygen atoms in total. The highest BCUT2D eigenvalue weighted by atomic mass is 28.3. The van der Waals surface area contributed by atoms with Gasteiger partial charge in [0.2, 0.25) is 0 Å². The SMILES string of the molecule is c1ccc(-n2c3ccccc3c3cc(-c4cc(-c5ccc6c(c5)c5ccccc5n6-c5ccc6ccccc6c5)cc([Si](c5ccccc5)(c5ccccc5)c5ccccc5)c4)ccc32)cc1. The molecule has 2 heterocycles. The normalized spacial score (nSPS) is 11.9. The van der Waals surface area contributed by atoms with Crippen LogP contribution in [0.2, 0.25) is 0 Å². The molecule has 314 valence electrons. The van der Waals surface area contributed by atoms with Crippen molar-refractivity contribution in [3.8, 4) is 33.6 Å². The molecule has 0 fully saturated rings. The van der Waals surface area contributed by atoms with E-state index in [0.717, 1.165) is 11.4 Å². The molecule has 0 unspecified atom stereocenters. The van der Waals surface area contributed by atoms with Gasteiger partial charge in [0.1, 0.15) is 0 Å². The van der Waals surface area contributed by atoms with Crippen molar-refractivity contribution in [2.24, 2.45) is 0 Å². The van der Waals surface area contributed by atoms with Gasteiger partial charge in [-0.15, -0.1) is 0 Å². The number of fused-ring (bicyclic) bond motifs is 7. The minimum Gasteiger partial charge on any atom is -0.309 e. The Morgan fingerprint density at radius 1 is 0.224 bits per heavy atom. The first-order valence-electron chi connectivity index (χ1n) is 23.2. The molecule has 0 aliphatic carbocycles. The predicted octanol–water partition coefficient (Wildman–Crippen LogP) is 13.7. The van der Waals surface area contributed by atoms with Crippen molar-refractivity contribution in [1.82, 2.24) is 9.13 Å². The average molecular weight is 869 g/mol. The van der Waals surface area contributed by atoms with Crippen LogP contribution in [0.15, 0.2) is 267 Å². The highest BCUT2D eigenvalue weighted by Crippen LogP contribution is 2.39. The Hall–Kier alpha value is -8.50. The van der Waals surface area contributed by atoms with Crippen LogP contribution in [0, 0.1) is 0 Å². The summed E-state index contributed by atoms with van der Waals surface area (Å²) in [6.45, 7) is 0. The summed E-state index contributed by atoms with van der Waals surface area (Å²) in [5, 5.41) is 12.8. The van der Waals surface area contributed by atoms with Crippen molar-refractivity contribution in [2.75, 3.05) is 0 Å². The van der Waals surface area contributed by atoms with Crippen LogP contribution in [0.5, 0.6) is 0 Å². The molecule has 13 aromatic rings. The second-order valence-corrected chi connectivity index (χ2v) is 21.5. The number of para-hydroxylation sites is 3. The molecular formula is C64H44N2Si. The van der Waals surface area contributed by atoms with Gasteiger partial charge in [0.05, 0.1) is 22.1 Å². The van der Waals surface area contributed by atoms with Gasteiger partial charge in [-0.3, -0.25) is 0 Å². The van der Waals surface area contributed by atoms with Crippen LogP contribution in [-0.4, -0.2) is 17.2 Å². The number of nitrogens with zero attached hydrogens (tertiary/aromatic N) is 2. The van der Waals surface area contributed by atoms with E-state index in [1.54, 1.807) is 0 Å². The van der Waals surface area contributed by atoms with Gasteiger partial charge in [0.15, 0.2) is 8.07 Å². The summed E-state index contributed by atoms with van der Waals surface area (Å²) in [6, 6.07) is 99.4. The largest absolute Gasteiger partial charge is 0.309 e. The van der Waals surface area contributed by atoms with Crippen molar-refractivity contribution in [3.63, 3.8) is 0 Å². The monoisotopic (exact) mass is 868 g/mol. The Kier molecular flexibility index (Phi) is 9.22. The summed E-state index contributed by atoms with van der Waals surface area (Å²) in [6.07, 6.45) is 0. The smallest absolute Gasteiger partial charge is 0.179 e. The zero-order chi connectivity index (χ0) is 44.3. The molecule has 11 aromatic carbocycles. The molecule has 2 aromatic heterocycles. The van der Waals surface area contributed by atoms with E-state index in [2.05, 4.69) is 276 Å². The highest BCUT2D eigenvalue weighted by Gasteiger charge is 2.42. The molecule has 0 amide bonds. The molecule has 0 spiro atoms. The average Bonchev–Trinajstić information content (AvgIpc) is 3.92. The van der Waals surface area contributed by atoms with Crippen molar-refractivity contribution in [2.45, 2.75) is 0 Å². The molecule has 0 radical (unpaired) electrons. The predicted molar refractivity (Wildman–Crippen MR) is 287 cm³/mol. The van der Waals surface area contributed by atoms with Crippen LogP contribution >= 0.6 is 0 Å². The van der Waals surface area contributed by atoms with Gasteiger partial charge in [-0.2, -0.15) is 0 Å². The quantitative estimate of drug-likeness (QED) is 0.106. The molecule has 0 atom stereocenters. The summed E-state index contributed by atoms with van der Waals surface area (Å²) in [5.74, 6) is 0. The number of benzene rings is 11. The molecule has 0 aliphatic heterocycles. The van der Waals surface area contributed by atoms with E-state index in [1.807, 2.05) is 0 Å². The van der Waals surface area contributed by atoms with Gasteiger partial charge in [-0.25, -0.2) is 0 Å². The Balaban J connectivity index is 1.09. The fourth-order valence-electron chi connectivity index (χ4n) is 11.0. The number of hydrogen-bond donors (Lipinski definition) is 0. The van der Waals surface area contributed by atoms with Crippen molar-refractivity contribution >= 4 is 83.2 Å². The molecule has 0 saturated heterocycles. The Morgan fingerprint density at radius 2 is 0.642 bits per heavy atom. The molecule has 3 heteroatoms. The highest BCUT2D eigenvalue weighted by molar-refractivity contribution is 7.20. The lowest BCUT2D eigenvalue weighted by Crippen LogP contribution is -2.74. The molecule has 13 rings (SSSR count). The fraction of sp³-hybridized carbons (Fsp3) is 0. The first-order chi connectivity index (χ1) is 33.2. The van der Waals surface area contributed by atoms with Gasteiger partial charge in [0, 0.05) is 32.9 Å². The molecule has 0 bridgehead atoms. The first-order valence-corrected chi connectivity index (χ1v) is 25.2. The van der Waals surface area contributed by atoms with E-state index in [-0.39, 0.29) is 0 Å². The van der Waals surface area contributed by atoms with E-state index < -0.39 is 8.07 Å². The topological polar surface area (TPSA) is 9.86 Å². The second kappa shape index (κ2) is 15.9. The molecular weight excluding hydrogens is 825 g/mol. The number of hydrogen-bond acceptors (Lipinski definition) is 0. The maximum absolute atomic E-state index is 2.93. The third-order valence-corrected chi connectivity index (χ3v) is 18.8. The minimum atomic E-state index is -2.93. The van der Waals surface area contributed by atoms with Gasteiger partial charge in [-0.05, 0) is 121 Å². The third-order valence-electron chi connectivity index (χ3n) is 14.0. The maximum Gasteiger partial charge on any atom is 0.179 e. The Bertz CT molecular complexity index is 3870. The maximum atomic E-state index is 2.52. The first kappa shape index (κ1) is 38.9.